The molecule has 0 amide bonds. The van der Waals surface area contributed by atoms with Crippen molar-refractivity contribution in [3.63, 3.8) is 0 Å². The first kappa shape index (κ1) is 12.7. The third kappa shape index (κ3) is 4.35. The predicted molar refractivity (Wildman–Crippen MR) is 69.5 cm³/mol. The lowest BCUT2D eigenvalue weighted by Gasteiger charge is -2.17. The lowest BCUT2D eigenvalue weighted by Crippen LogP contribution is -2.28. The van der Waals surface area contributed by atoms with Gasteiger partial charge in [0.15, 0.2) is 0 Å². The molecule has 0 atom stereocenters. The van der Waals surface area contributed by atoms with Crippen LogP contribution < -0.4 is 5.32 Å². The van der Waals surface area contributed by atoms with E-state index < -0.39 is 0 Å². The lowest BCUT2D eigenvalue weighted by molar-refractivity contribution is 0.444. The van der Waals surface area contributed by atoms with Crippen molar-refractivity contribution in [3.05, 3.63) is 21.9 Å². The molecule has 0 bridgehead atoms. The van der Waals surface area contributed by atoms with E-state index in [0.717, 1.165) is 6.54 Å². The van der Waals surface area contributed by atoms with E-state index >= 15 is 0 Å². The van der Waals surface area contributed by atoms with Crippen LogP contribution in [0.25, 0.3) is 0 Å². The van der Waals surface area contributed by atoms with Gasteiger partial charge in [-0.25, -0.2) is 0 Å². The van der Waals surface area contributed by atoms with E-state index in [1.165, 1.54) is 36.1 Å². The van der Waals surface area contributed by atoms with Gasteiger partial charge in [-0.2, -0.15) is 0 Å². The zero-order valence-electron chi connectivity index (χ0n) is 10.2. The molecule has 1 aromatic rings. The number of rotatable bonds is 7. The molecular formula is C13H23NS. The summed E-state index contributed by atoms with van der Waals surface area (Å²) in [6.07, 6.45) is 5.17. The van der Waals surface area contributed by atoms with Gasteiger partial charge < -0.3 is 5.32 Å². The number of hydrogen-bond acceptors (Lipinski definition) is 2. The van der Waals surface area contributed by atoms with Crippen molar-refractivity contribution in [2.75, 3.05) is 0 Å². The second kappa shape index (κ2) is 7.02. The molecule has 0 aromatic carbocycles. The highest BCUT2D eigenvalue weighted by Crippen LogP contribution is 2.16. The fraction of sp³-hybridized carbons (Fsp3) is 0.692. The lowest BCUT2D eigenvalue weighted by atomic mass is 10.1. The summed E-state index contributed by atoms with van der Waals surface area (Å²) in [5.41, 5.74) is 1.43. The Hall–Kier alpha value is -0.340. The topological polar surface area (TPSA) is 12.0 Å². The standard InChI is InChI=1S/C13H23NS/c1-4-6-12(7-5-2)14-10-13-11(3)8-9-15-13/h8-9,12,14H,4-7,10H2,1-3H3. The third-order valence-corrected chi connectivity index (χ3v) is 3.82. The number of aryl methyl sites for hydroxylation is 1. The highest BCUT2D eigenvalue weighted by atomic mass is 32.1. The summed E-state index contributed by atoms with van der Waals surface area (Å²) < 4.78 is 0. The van der Waals surface area contributed by atoms with Gasteiger partial charge in [0, 0.05) is 17.5 Å². The van der Waals surface area contributed by atoms with Crippen LogP contribution in [0.5, 0.6) is 0 Å². The van der Waals surface area contributed by atoms with Crippen LogP contribution in [0, 0.1) is 6.92 Å². The second-order valence-corrected chi connectivity index (χ2v) is 5.18. The van der Waals surface area contributed by atoms with Crippen molar-refractivity contribution >= 4 is 11.3 Å². The molecule has 0 aliphatic heterocycles. The third-order valence-electron chi connectivity index (χ3n) is 2.79. The molecule has 86 valence electrons. The zero-order chi connectivity index (χ0) is 11.1. The van der Waals surface area contributed by atoms with E-state index in [4.69, 9.17) is 0 Å². The van der Waals surface area contributed by atoms with Gasteiger partial charge in [-0.3, -0.25) is 0 Å². The van der Waals surface area contributed by atoms with Crippen LogP contribution in [-0.4, -0.2) is 6.04 Å². The predicted octanol–water partition coefficient (Wildman–Crippen LogP) is 4.11. The van der Waals surface area contributed by atoms with Crippen LogP contribution in [0.3, 0.4) is 0 Å². The maximum absolute atomic E-state index is 3.68. The molecule has 1 heterocycles. The van der Waals surface area contributed by atoms with Gasteiger partial charge >= 0.3 is 0 Å². The molecule has 15 heavy (non-hydrogen) atoms. The van der Waals surface area contributed by atoms with Crippen LogP contribution >= 0.6 is 11.3 Å². The normalized spacial score (nSPS) is 11.2. The number of nitrogens with one attached hydrogen (secondary N) is 1. The Morgan fingerprint density at radius 3 is 2.40 bits per heavy atom. The molecule has 1 aromatic heterocycles. The van der Waals surface area contributed by atoms with Crippen molar-refractivity contribution in [3.8, 4) is 0 Å². The minimum atomic E-state index is 0.710. The Kier molecular flexibility index (Phi) is 5.96. The molecule has 0 aliphatic carbocycles. The van der Waals surface area contributed by atoms with Gasteiger partial charge in [0.25, 0.3) is 0 Å². The zero-order valence-corrected chi connectivity index (χ0v) is 11.0. The molecule has 0 fully saturated rings. The maximum atomic E-state index is 3.68. The second-order valence-electron chi connectivity index (χ2n) is 4.18. The van der Waals surface area contributed by atoms with Crippen LogP contribution in [0.1, 0.15) is 50.0 Å². The van der Waals surface area contributed by atoms with Crippen molar-refractivity contribution in [2.24, 2.45) is 0 Å². The molecule has 0 aliphatic rings. The van der Waals surface area contributed by atoms with Crippen LogP contribution in [0.2, 0.25) is 0 Å². The van der Waals surface area contributed by atoms with Crippen LogP contribution in [0.4, 0.5) is 0 Å². The highest BCUT2D eigenvalue weighted by Gasteiger charge is 2.07. The molecule has 0 radical (unpaired) electrons. The molecule has 0 saturated carbocycles. The summed E-state index contributed by atoms with van der Waals surface area (Å²) in [6, 6.07) is 2.91. The Morgan fingerprint density at radius 1 is 1.27 bits per heavy atom. The molecule has 0 spiro atoms. The molecule has 1 rings (SSSR count). The first-order valence-corrected chi connectivity index (χ1v) is 6.92. The monoisotopic (exact) mass is 225 g/mol. The Labute approximate surface area is 97.9 Å². The minimum Gasteiger partial charge on any atom is -0.309 e. The van der Waals surface area contributed by atoms with Crippen LogP contribution in [0.15, 0.2) is 11.4 Å². The molecule has 0 saturated heterocycles. The Morgan fingerprint density at radius 2 is 1.93 bits per heavy atom. The van der Waals surface area contributed by atoms with E-state index in [1.807, 2.05) is 11.3 Å². The fourth-order valence-corrected chi connectivity index (χ4v) is 2.72. The molecule has 2 heteroatoms. The smallest absolute Gasteiger partial charge is 0.0304 e. The van der Waals surface area contributed by atoms with E-state index in [9.17, 15) is 0 Å². The van der Waals surface area contributed by atoms with Gasteiger partial charge in [-0.05, 0) is 36.8 Å². The summed E-state index contributed by atoms with van der Waals surface area (Å²) in [7, 11) is 0. The quantitative estimate of drug-likeness (QED) is 0.736. The summed E-state index contributed by atoms with van der Waals surface area (Å²) in [4.78, 5) is 1.49. The fourth-order valence-electron chi connectivity index (χ4n) is 1.87. The van der Waals surface area contributed by atoms with Gasteiger partial charge in [-0.15, -0.1) is 11.3 Å². The number of thiophene rings is 1. The summed E-state index contributed by atoms with van der Waals surface area (Å²) in [5, 5.41) is 5.86. The largest absolute Gasteiger partial charge is 0.309 e. The van der Waals surface area contributed by atoms with Gasteiger partial charge in [0.2, 0.25) is 0 Å². The SMILES string of the molecule is CCCC(CCC)NCc1sccc1C. The average molecular weight is 225 g/mol. The minimum absolute atomic E-state index is 0.710. The Balaban J connectivity index is 2.36. The molecule has 1 N–H and O–H groups in total. The van der Waals surface area contributed by atoms with Crippen molar-refractivity contribution < 1.29 is 0 Å². The summed E-state index contributed by atoms with van der Waals surface area (Å²) >= 11 is 1.87. The van der Waals surface area contributed by atoms with E-state index in [1.54, 1.807) is 0 Å². The van der Waals surface area contributed by atoms with Gasteiger partial charge in [0.05, 0.1) is 0 Å². The van der Waals surface area contributed by atoms with Gasteiger partial charge in [0.1, 0.15) is 0 Å². The van der Waals surface area contributed by atoms with Crippen molar-refractivity contribution in [1.29, 1.82) is 0 Å². The van der Waals surface area contributed by atoms with E-state index in [2.05, 4.69) is 37.5 Å². The van der Waals surface area contributed by atoms with E-state index in [0.29, 0.717) is 6.04 Å². The van der Waals surface area contributed by atoms with Crippen LogP contribution in [-0.2, 0) is 6.54 Å². The van der Waals surface area contributed by atoms with Gasteiger partial charge in [-0.1, -0.05) is 26.7 Å². The average Bonchev–Trinajstić information content (AvgIpc) is 2.61. The maximum Gasteiger partial charge on any atom is 0.0304 e. The number of hydrogen-bond donors (Lipinski definition) is 1. The van der Waals surface area contributed by atoms with E-state index in [-0.39, 0.29) is 0 Å². The van der Waals surface area contributed by atoms with Crippen molar-refractivity contribution in [1.82, 2.24) is 5.32 Å². The van der Waals surface area contributed by atoms with Crippen molar-refractivity contribution in [2.45, 2.75) is 59.0 Å². The first-order chi connectivity index (χ1) is 7.27. The Bertz CT molecular complexity index is 261. The molecular weight excluding hydrogens is 202 g/mol. The summed E-state index contributed by atoms with van der Waals surface area (Å²) in [6.45, 7) is 7.78. The highest BCUT2D eigenvalue weighted by molar-refractivity contribution is 7.10. The first-order valence-electron chi connectivity index (χ1n) is 6.04. The molecule has 0 unspecified atom stereocenters. The molecule has 1 nitrogen and oxygen atoms in total. The summed E-state index contributed by atoms with van der Waals surface area (Å²) in [5.74, 6) is 0.